The number of esters is 1. The molecule has 17 heteroatoms. The number of aromatic nitrogens is 4. The van der Waals surface area contributed by atoms with E-state index in [1.54, 1.807) is 30.7 Å². The van der Waals surface area contributed by atoms with Crippen molar-refractivity contribution in [2.75, 3.05) is 13.7 Å². The zero-order chi connectivity index (χ0) is 32.8. The van der Waals surface area contributed by atoms with Gasteiger partial charge in [-0.15, -0.1) is 34.0 Å². The van der Waals surface area contributed by atoms with E-state index in [-0.39, 0.29) is 41.9 Å². The molecule has 0 fully saturated rings. The lowest BCUT2D eigenvalue weighted by Gasteiger charge is -2.20. The summed E-state index contributed by atoms with van der Waals surface area (Å²) < 4.78 is 6.27. The monoisotopic (exact) mass is 797 g/mol. The number of rotatable bonds is 12. The molecule has 0 spiro atoms. The Labute approximate surface area is 288 Å². The molecule has 3 N–H and O–H groups in total. The Morgan fingerprint density at radius 1 is 0.933 bits per heavy atom. The Morgan fingerprint density at radius 2 is 1.67 bits per heavy atom. The van der Waals surface area contributed by atoms with Gasteiger partial charge in [0.25, 0.3) is 11.8 Å². The Kier molecular flexibility index (Phi) is 11.9. The molecule has 0 aromatic carbocycles. The molecule has 4 rings (SSSR count). The first kappa shape index (κ1) is 34.7. The van der Waals surface area contributed by atoms with Crippen LogP contribution in [0.1, 0.15) is 85.6 Å². The van der Waals surface area contributed by atoms with Gasteiger partial charge in [0, 0.05) is 28.2 Å². The topological polar surface area (TPSA) is 165 Å². The van der Waals surface area contributed by atoms with Crippen LogP contribution in [0.4, 0.5) is 0 Å². The summed E-state index contributed by atoms with van der Waals surface area (Å²) in [6, 6.07) is 2.30. The standard InChI is InChI=1S/C28H29Br2N7O5S3/c1-6-42-28(41)17-11-44-27(34-17)20(12(2)3)36-24(40)21-13(4)45-26(37-21)15(9-19(38)31-5)32-23(39)16-10-43-25(33-16)14-7-8-18(29)35-22(14)30/h7-8,10-12,15,20H,6,9H2,1-5H3,(H,31,38)(H,32,39)(H,36,40)/t15-,20-/m0/s1. The zero-order valence-corrected chi connectivity index (χ0v) is 30.4. The Hall–Kier alpha value is -3.12. The van der Waals surface area contributed by atoms with Gasteiger partial charge in [0.2, 0.25) is 5.91 Å². The number of nitrogens with zero attached hydrogens (tertiary/aromatic N) is 4. The number of hydrogen-bond acceptors (Lipinski definition) is 12. The second kappa shape index (κ2) is 15.4. The van der Waals surface area contributed by atoms with Gasteiger partial charge in [-0.2, -0.15) is 0 Å². The molecule has 4 aromatic rings. The van der Waals surface area contributed by atoms with Crippen LogP contribution in [-0.4, -0.2) is 57.3 Å². The van der Waals surface area contributed by atoms with Crippen molar-refractivity contribution >= 4 is 89.6 Å². The van der Waals surface area contributed by atoms with E-state index in [4.69, 9.17) is 4.74 Å². The average Bonchev–Trinajstić information content (AvgIpc) is 3.75. The van der Waals surface area contributed by atoms with E-state index in [2.05, 4.69) is 67.7 Å². The number of aryl methyl sites for hydroxylation is 1. The van der Waals surface area contributed by atoms with E-state index in [1.165, 1.54) is 41.1 Å². The number of ether oxygens (including phenoxy) is 1. The molecule has 0 saturated heterocycles. The summed E-state index contributed by atoms with van der Waals surface area (Å²) in [6.45, 7) is 7.56. The highest BCUT2D eigenvalue weighted by Gasteiger charge is 2.29. The van der Waals surface area contributed by atoms with Gasteiger partial charge in [-0.05, 0) is 63.8 Å². The molecule has 3 amide bonds. The summed E-state index contributed by atoms with van der Waals surface area (Å²) in [5.74, 6) is -1.82. The summed E-state index contributed by atoms with van der Waals surface area (Å²) in [5, 5.41) is 13.2. The molecule has 45 heavy (non-hydrogen) atoms. The van der Waals surface area contributed by atoms with E-state index >= 15 is 0 Å². The lowest BCUT2D eigenvalue weighted by molar-refractivity contribution is -0.121. The van der Waals surface area contributed by atoms with Crippen LogP contribution in [-0.2, 0) is 9.53 Å². The summed E-state index contributed by atoms with van der Waals surface area (Å²) in [4.78, 5) is 69.7. The molecule has 4 heterocycles. The van der Waals surface area contributed by atoms with Gasteiger partial charge >= 0.3 is 5.97 Å². The molecule has 0 bridgehead atoms. The number of thiazole rings is 3. The second-order valence-corrected chi connectivity index (χ2v) is 14.4. The predicted molar refractivity (Wildman–Crippen MR) is 180 cm³/mol. The maximum atomic E-state index is 13.5. The summed E-state index contributed by atoms with van der Waals surface area (Å²) in [6.07, 6.45) is -0.0974. The van der Waals surface area contributed by atoms with Gasteiger partial charge in [-0.1, -0.05) is 13.8 Å². The third-order valence-corrected chi connectivity index (χ3v) is 10.2. The minimum atomic E-state index is -0.819. The lowest BCUT2D eigenvalue weighted by atomic mass is 10.0. The molecular weight excluding hydrogens is 770 g/mol. The highest BCUT2D eigenvalue weighted by molar-refractivity contribution is 9.11. The van der Waals surface area contributed by atoms with Crippen molar-refractivity contribution in [3.63, 3.8) is 0 Å². The predicted octanol–water partition coefficient (Wildman–Crippen LogP) is 5.86. The molecule has 4 aromatic heterocycles. The number of hydrogen-bond donors (Lipinski definition) is 3. The number of nitrogens with one attached hydrogen (secondary N) is 3. The Bertz CT molecular complexity index is 1720. The quantitative estimate of drug-likeness (QED) is 0.118. The number of carbonyl (C=O) groups is 4. The van der Waals surface area contributed by atoms with E-state index in [0.717, 1.165) is 5.56 Å². The van der Waals surface area contributed by atoms with Gasteiger partial charge in [-0.3, -0.25) is 14.4 Å². The minimum absolute atomic E-state index is 0.0503. The fourth-order valence-electron chi connectivity index (χ4n) is 4.02. The van der Waals surface area contributed by atoms with Crippen LogP contribution in [0.5, 0.6) is 0 Å². The molecule has 0 aliphatic heterocycles. The number of amides is 3. The minimum Gasteiger partial charge on any atom is -0.461 e. The van der Waals surface area contributed by atoms with Crippen molar-refractivity contribution in [1.29, 1.82) is 0 Å². The van der Waals surface area contributed by atoms with Crippen molar-refractivity contribution in [3.05, 3.63) is 64.1 Å². The molecule has 0 unspecified atom stereocenters. The molecular formula is C28H29Br2N7O5S3. The fraction of sp³-hybridized carbons (Fsp3) is 0.357. The number of carbonyl (C=O) groups excluding carboxylic acids is 4. The summed E-state index contributed by atoms with van der Waals surface area (Å²) in [7, 11) is 1.50. The third-order valence-electron chi connectivity index (χ3n) is 6.31. The molecule has 238 valence electrons. The van der Waals surface area contributed by atoms with Crippen molar-refractivity contribution in [2.45, 2.75) is 46.2 Å². The van der Waals surface area contributed by atoms with Crippen LogP contribution >= 0.6 is 65.9 Å². The first-order valence-corrected chi connectivity index (χ1v) is 17.8. The smallest absolute Gasteiger partial charge is 0.357 e. The Morgan fingerprint density at radius 3 is 2.33 bits per heavy atom. The molecule has 12 nitrogen and oxygen atoms in total. The molecule has 0 aliphatic rings. The molecule has 0 radical (unpaired) electrons. The van der Waals surface area contributed by atoms with Crippen LogP contribution in [0.25, 0.3) is 10.6 Å². The second-order valence-electron chi connectivity index (χ2n) is 9.86. The maximum Gasteiger partial charge on any atom is 0.357 e. The highest BCUT2D eigenvalue weighted by Crippen LogP contribution is 2.32. The van der Waals surface area contributed by atoms with Gasteiger partial charge in [0.15, 0.2) is 5.69 Å². The molecule has 0 saturated carbocycles. The van der Waals surface area contributed by atoms with Crippen LogP contribution in [0.2, 0.25) is 0 Å². The normalized spacial score (nSPS) is 12.4. The third kappa shape index (κ3) is 8.58. The van der Waals surface area contributed by atoms with Gasteiger partial charge in [-0.25, -0.2) is 24.7 Å². The number of pyridine rings is 1. The fourth-order valence-corrected chi connectivity index (χ4v) is 8.02. The van der Waals surface area contributed by atoms with Crippen molar-refractivity contribution in [3.8, 4) is 10.6 Å². The molecule has 0 aliphatic carbocycles. The van der Waals surface area contributed by atoms with E-state index in [9.17, 15) is 19.2 Å². The van der Waals surface area contributed by atoms with Crippen LogP contribution in [0, 0.1) is 12.8 Å². The first-order chi connectivity index (χ1) is 21.4. The summed E-state index contributed by atoms with van der Waals surface area (Å²) in [5.41, 5.74) is 1.25. The largest absolute Gasteiger partial charge is 0.461 e. The SMILES string of the molecule is CCOC(=O)c1csc([C@@H](NC(=O)c2nc([C@H](CC(=O)NC)NC(=O)c3csc(-c4ccc(Br)nc4Br)n3)sc2C)C(C)C)n1. The maximum absolute atomic E-state index is 13.5. The van der Waals surface area contributed by atoms with Gasteiger partial charge in [0.1, 0.15) is 35.6 Å². The average molecular weight is 800 g/mol. The highest BCUT2D eigenvalue weighted by atomic mass is 79.9. The number of halogens is 2. The van der Waals surface area contributed by atoms with Crippen molar-refractivity contribution < 1.29 is 23.9 Å². The van der Waals surface area contributed by atoms with Crippen molar-refractivity contribution in [1.82, 2.24) is 35.9 Å². The van der Waals surface area contributed by atoms with Crippen LogP contribution in [0.15, 0.2) is 32.1 Å². The van der Waals surface area contributed by atoms with Gasteiger partial charge in [0.05, 0.1) is 25.1 Å². The summed E-state index contributed by atoms with van der Waals surface area (Å²) >= 11 is 10.5. The first-order valence-electron chi connectivity index (χ1n) is 13.6. The molecule has 2 atom stereocenters. The van der Waals surface area contributed by atoms with Gasteiger partial charge < -0.3 is 20.7 Å². The Balaban J connectivity index is 1.54. The van der Waals surface area contributed by atoms with Crippen molar-refractivity contribution in [2.24, 2.45) is 5.92 Å². The lowest BCUT2D eigenvalue weighted by Crippen LogP contribution is -2.34. The zero-order valence-electron chi connectivity index (χ0n) is 24.8. The van der Waals surface area contributed by atoms with Crippen LogP contribution < -0.4 is 16.0 Å². The van der Waals surface area contributed by atoms with E-state index in [1.807, 2.05) is 19.9 Å². The van der Waals surface area contributed by atoms with E-state index < -0.39 is 29.9 Å². The van der Waals surface area contributed by atoms with Crippen LogP contribution in [0.3, 0.4) is 0 Å². The van der Waals surface area contributed by atoms with E-state index in [0.29, 0.717) is 29.1 Å².